The van der Waals surface area contributed by atoms with E-state index < -0.39 is 0 Å². The number of carbonyl (C=O) groups is 1. The van der Waals surface area contributed by atoms with Crippen LogP contribution in [0.1, 0.15) is 15.9 Å². The zero-order valence-corrected chi connectivity index (χ0v) is 14.3. The molecule has 0 unspecified atom stereocenters. The number of ether oxygens (including phenoxy) is 2. The average Bonchev–Trinajstić information content (AvgIpc) is 3.38. The molecule has 8 nitrogen and oxygen atoms in total. The molecule has 1 amide bonds. The third-order valence-corrected chi connectivity index (χ3v) is 4.36. The number of nitrogens with zero attached hydrogens (tertiary/aromatic N) is 3. The van der Waals surface area contributed by atoms with Gasteiger partial charge in [0.1, 0.15) is 6.10 Å². The highest BCUT2D eigenvalue weighted by Crippen LogP contribution is 2.18. The number of aromatic amines is 1. The predicted octanol–water partition coefficient (Wildman–Crippen LogP) is 1.48. The van der Waals surface area contributed by atoms with Gasteiger partial charge in [-0.1, -0.05) is 0 Å². The standard InChI is InChI=1S/C18H19N5O3/c1-12-6-13(23-5-4-19-11-23)2-3-15(12)18(24)22-16-9-25-10-17(16)26-14-7-20-21-8-14/h2-8,11,16-17H,9-10H2,1H3,(H,20,21)(H,22,24)/t16-,17+/m0/s1. The van der Waals surface area contributed by atoms with Crippen LogP contribution in [-0.4, -0.2) is 51.0 Å². The maximum absolute atomic E-state index is 12.7. The number of rotatable bonds is 5. The Morgan fingerprint density at radius 3 is 3.08 bits per heavy atom. The lowest BCUT2D eigenvalue weighted by molar-refractivity contribution is 0.0903. The number of carbonyl (C=O) groups excluding carboxylic acids is 1. The lowest BCUT2D eigenvalue weighted by Gasteiger charge is -2.20. The third-order valence-electron chi connectivity index (χ3n) is 4.36. The number of benzene rings is 1. The van der Waals surface area contributed by atoms with Crippen LogP contribution in [0.15, 0.2) is 49.3 Å². The van der Waals surface area contributed by atoms with Crippen molar-refractivity contribution in [3.8, 4) is 11.4 Å². The van der Waals surface area contributed by atoms with Gasteiger partial charge in [-0.05, 0) is 30.7 Å². The van der Waals surface area contributed by atoms with E-state index in [1.165, 1.54) is 0 Å². The minimum Gasteiger partial charge on any atom is -0.482 e. The van der Waals surface area contributed by atoms with Gasteiger partial charge in [0, 0.05) is 23.6 Å². The third kappa shape index (κ3) is 3.31. The van der Waals surface area contributed by atoms with Crippen LogP contribution >= 0.6 is 0 Å². The Morgan fingerprint density at radius 2 is 2.35 bits per heavy atom. The second-order valence-electron chi connectivity index (χ2n) is 6.18. The molecule has 0 spiro atoms. The molecule has 0 aliphatic carbocycles. The molecule has 2 aromatic heterocycles. The van der Waals surface area contributed by atoms with Crippen molar-refractivity contribution in [1.82, 2.24) is 25.1 Å². The fourth-order valence-electron chi connectivity index (χ4n) is 2.98. The summed E-state index contributed by atoms with van der Waals surface area (Å²) in [6.07, 6.45) is 8.31. The zero-order valence-electron chi connectivity index (χ0n) is 14.3. The Morgan fingerprint density at radius 1 is 1.42 bits per heavy atom. The number of imidazole rings is 1. The summed E-state index contributed by atoms with van der Waals surface area (Å²) in [6, 6.07) is 5.46. The predicted molar refractivity (Wildman–Crippen MR) is 93.4 cm³/mol. The first-order chi connectivity index (χ1) is 12.7. The number of hydrogen-bond donors (Lipinski definition) is 2. The van der Waals surface area contributed by atoms with Gasteiger partial charge in [0.05, 0.1) is 38.0 Å². The van der Waals surface area contributed by atoms with Crippen molar-refractivity contribution in [2.75, 3.05) is 13.2 Å². The van der Waals surface area contributed by atoms with Crippen LogP contribution in [0.4, 0.5) is 0 Å². The number of amides is 1. The van der Waals surface area contributed by atoms with Crippen LogP contribution in [0.5, 0.6) is 5.75 Å². The van der Waals surface area contributed by atoms with Crippen LogP contribution in [0, 0.1) is 6.92 Å². The Balaban J connectivity index is 1.45. The average molecular weight is 353 g/mol. The Bertz CT molecular complexity index is 876. The van der Waals surface area contributed by atoms with Gasteiger partial charge < -0.3 is 19.4 Å². The van der Waals surface area contributed by atoms with Gasteiger partial charge in [0.15, 0.2) is 5.75 Å². The number of aryl methyl sites for hydroxylation is 1. The SMILES string of the molecule is Cc1cc(-n2ccnc2)ccc1C(=O)N[C@H]1COC[C@H]1Oc1cn[nH]c1. The van der Waals surface area contributed by atoms with E-state index in [2.05, 4.69) is 20.5 Å². The van der Waals surface area contributed by atoms with Crippen molar-refractivity contribution in [2.45, 2.75) is 19.1 Å². The second-order valence-corrected chi connectivity index (χ2v) is 6.18. The summed E-state index contributed by atoms with van der Waals surface area (Å²) in [4.78, 5) is 16.7. The van der Waals surface area contributed by atoms with Crippen LogP contribution in [-0.2, 0) is 4.74 Å². The van der Waals surface area contributed by atoms with E-state index in [4.69, 9.17) is 9.47 Å². The van der Waals surface area contributed by atoms with E-state index in [1.54, 1.807) is 24.9 Å². The van der Waals surface area contributed by atoms with Crippen LogP contribution in [0.25, 0.3) is 5.69 Å². The van der Waals surface area contributed by atoms with Crippen molar-refractivity contribution in [3.05, 3.63) is 60.4 Å². The molecule has 0 bridgehead atoms. The molecule has 3 heterocycles. The summed E-state index contributed by atoms with van der Waals surface area (Å²) in [5.41, 5.74) is 2.48. The van der Waals surface area contributed by atoms with Crippen LogP contribution < -0.4 is 10.1 Å². The Hall–Kier alpha value is -3.13. The van der Waals surface area contributed by atoms with E-state index in [-0.39, 0.29) is 18.1 Å². The Kier molecular flexibility index (Phi) is 4.40. The molecule has 0 saturated carbocycles. The molecule has 1 saturated heterocycles. The van der Waals surface area contributed by atoms with Gasteiger partial charge in [-0.25, -0.2) is 4.98 Å². The molecule has 0 radical (unpaired) electrons. The number of H-pyrrole nitrogens is 1. The number of nitrogens with one attached hydrogen (secondary N) is 2. The molecule has 1 aliphatic heterocycles. The first-order valence-corrected chi connectivity index (χ1v) is 8.34. The summed E-state index contributed by atoms with van der Waals surface area (Å²) < 4.78 is 13.2. The van der Waals surface area contributed by atoms with Crippen LogP contribution in [0.2, 0.25) is 0 Å². The van der Waals surface area contributed by atoms with Crippen molar-refractivity contribution in [1.29, 1.82) is 0 Å². The maximum Gasteiger partial charge on any atom is 0.251 e. The fourth-order valence-corrected chi connectivity index (χ4v) is 2.98. The minimum absolute atomic E-state index is 0.143. The van der Waals surface area contributed by atoms with E-state index in [0.717, 1.165) is 11.3 Å². The number of hydrogen-bond acceptors (Lipinski definition) is 5. The molecule has 26 heavy (non-hydrogen) atoms. The maximum atomic E-state index is 12.7. The summed E-state index contributed by atoms with van der Waals surface area (Å²) in [5.74, 6) is 0.483. The quantitative estimate of drug-likeness (QED) is 0.725. The van der Waals surface area contributed by atoms with Gasteiger partial charge in [-0.15, -0.1) is 0 Å². The fraction of sp³-hybridized carbons (Fsp3) is 0.278. The van der Waals surface area contributed by atoms with Crippen molar-refractivity contribution >= 4 is 5.91 Å². The molecule has 134 valence electrons. The molecular weight excluding hydrogens is 334 g/mol. The summed E-state index contributed by atoms with van der Waals surface area (Å²) in [5, 5.41) is 9.57. The van der Waals surface area contributed by atoms with E-state index >= 15 is 0 Å². The second kappa shape index (κ2) is 7.01. The molecular formula is C18H19N5O3. The number of aromatic nitrogens is 4. The summed E-state index contributed by atoms with van der Waals surface area (Å²) in [7, 11) is 0. The highest BCUT2D eigenvalue weighted by atomic mass is 16.5. The van der Waals surface area contributed by atoms with Gasteiger partial charge in [0.2, 0.25) is 0 Å². The molecule has 3 aromatic rings. The first kappa shape index (κ1) is 16.3. The minimum atomic E-state index is -0.248. The van der Waals surface area contributed by atoms with Crippen molar-refractivity contribution < 1.29 is 14.3 Å². The lowest BCUT2D eigenvalue weighted by Crippen LogP contribution is -2.45. The molecule has 8 heteroatoms. The summed E-state index contributed by atoms with van der Waals surface area (Å²) >= 11 is 0. The van der Waals surface area contributed by atoms with E-state index in [9.17, 15) is 4.79 Å². The molecule has 1 fully saturated rings. The van der Waals surface area contributed by atoms with Gasteiger partial charge >= 0.3 is 0 Å². The molecule has 1 aromatic carbocycles. The largest absolute Gasteiger partial charge is 0.482 e. The highest BCUT2D eigenvalue weighted by Gasteiger charge is 2.32. The smallest absolute Gasteiger partial charge is 0.251 e. The lowest BCUT2D eigenvalue weighted by atomic mass is 10.1. The van der Waals surface area contributed by atoms with Gasteiger partial charge in [-0.2, -0.15) is 5.10 Å². The van der Waals surface area contributed by atoms with Crippen molar-refractivity contribution in [2.24, 2.45) is 0 Å². The van der Waals surface area contributed by atoms with Gasteiger partial charge in [0.25, 0.3) is 5.91 Å². The highest BCUT2D eigenvalue weighted by molar-refractivity contribution is 5.96. The first-order valence-electron chi connectivity index (χ1n) is 8.34. The van der Waals surface area contributed by atoms with E-state index in [1.807, 2.05) is 35.9 Å². The Labute approximate surface area is 150 Å². The topological polar surface area (TPSA) is 94.1 Å². The summed E-state index contributed by atoms with van der Waals surface area (Å²) in [6.45, 7) is 2.76. The molecule has 2 N–H and O–H groups in total. The zero-order chi connectivity index (χ0) is 17.9. The van der Waals surface area contributed by atoms with E-state index in [0.29, 0.717) is 24.5 Å². The molecule has 4 rings (SSSR count). The monoisotopic (exact) mass is 353 g/mol. The van der Waals surface area contributed by atoms with Gasteiger partial charge in [-0.3, -0.25) is 9.89 Å². The van der Waals surface area contributed by atoms with Crippen LogP contribution in [0.3, 0.4) is 0 Å². The molecule has 1 aliphatic rings. The van der Waals surface area contributed by atoms with Crippen molar-refractivity contribution in [3.63, 3.8) is 0 Å². The molecule has 2 atom stereocenters. The normalized spacial score (nSPS) is 19.4.